The summed E-state index contributed by atoms with van der Waals surface area (Å²) < 4.78 is 40.4. The summed E-state index contributed by atoms with van der Waals surface area (Å²) in [4.78, 5) is 61.9. The number of nitrogens with one attached hydrogen (secondary N) is 2. The molecule has 0 bridgehead atoms. The van der Waals surface area contributed by atoms with Gasteiger partial charge in [0.25, 0.3) is 17.7 Å². The largest absolute Gasteiger partial charge is 0.726 e. The summed E-state index contributed by atoms with van der Waals surface area (Å²) in [5.74, 6) is -2.39. The third kappa shape index (κ3) is 9.60. The second-order valence-electron chi connectivity index (χ2n) is 10.2. The van der Waals surface area contributed by atoms with Crippen molar-refractivity contribution in [3.63, 3.8) is 0 Å². The number of carbonyl (C=O) groups is 4. The number of thiazole rings is 1. The summed E-state index contributed by atoms with van der Waals surface area (Å²) >= 11 is 2.47. The fourth-order valence-corrected chi connectivity index (χ4v) is 6.22. The number of nitrogens with zero attached hydrogens (tertiary/aromatic N) is 4. The predicted molar refractivity (Wildman–Crippen MR) is 163 cm³/mol. The van der Waals surface area contributed by atoms with Gasteiger partial charge in [0, 0.05) is 29.5 Å². The number of hydrogen-bond donors (Lipinski definition) is 5. The molecule has 47 heavy (non-hydrogen) atoms. The Morgan fingerprint density at radius 3 is 2.53 bits per heavy atom. The quantitative estimate of drug-likeness (QED) is 0.0365. The molecule has 0 radical (unpaired) electrons. The van der Waals surface area contributed by atoms with Crippen LogP contribution in [0.5, 0.6) is 0 Å². The molecule has 2 fully saturated rings. The molecule has 254 valence electrons. The number of likely N-dealkylation sites (N-methyl/N-ethyl adjacent to an activating group) is 1. The van der Waals surface area contributed by atoms with Crippen LogP contribution in [0.4, 0.5) is 5.13 Å². The van der Waals surface area contributed by atoms with Gasteiger partial charge in [0.1, 0.15) is 36.2 Å². The number of ether oxygens (including phenoxy) is 1. The highest BCUT2D eigenvalue weighted by Gasteiger charge is 2.55. The Bertz CT molecular complexity index is 1660. The van der Waals surface area contributed by atoms with Crippen LogP contribution in [0.3, 0.4) is 0 Å². The van der Waals surface area contributed by atoms with Crippen LogP contribution < -0.4 is 20.9 Å². The predicted octanol–water partition coefficient (Wildman–Crippen LogP) is -0.759. The van der Waals surface area contributed by atoms with Crippen molar-refractivity contribution in [1.82, 2.24) is 20.5 Å². The van der Waals surface area contributed by atoms with Crippen LogP contribution in [-0.2, 0) is 45.7 Å². The van der Waals surface area contributed by atoms with Crippen molar-refractivity contribution in [2.75, 3.05) is 25.1 Å². The first kappa shape index (κ1) is 35.5. The van der Waals surface area contributed by atoms with E-state index in [0.717, 1.165) is 46.8 Å². The lowest BCUT2D eigenvalue weighted by Gasteiger charge is -2.49. The van der Waals surface area contributed by atoms with Crippen LogP contribution >= 0.6 is 23.1 Å². The highest BCUT2D eigenvalue weighted by atomic mass is 32.3. The Balaban J connectivity index is 0.000000930. The molecular formula is C26H31N7O11S3. The monoisotopic (exact) mass is 713 g/mol. The average Bonchev–Trinajstić information content (AvgIpc) is 3.70. The standard InChI is InChI=1S/C26H29N7O7S2.H2O4S/c1-28-19(34)10-32-8-6-15(7-9-32)41-13-18-22(25(37)38)33-17(11-39-18)21(24(33)36)30-23(35)20(16-12-42-26(27)29-16)31-40-14-4-2-3-5-14;1-5(2,3)4/h6-9,12,14,17,21H,2-5,10-11,13H2,1H3,(H4-,27,28,29,30,34,35,37,38);(H2,1,2,3,4)/b31-20-;/t17-,21+;/m1./s1. The first-order valence-electron chi connectivity index (χ1n) is 13.9. The highest BCUT2D eigenvalue weighted by Crippen LogP contribution is 2.35. The lowest BCUT2D eigenvalue weighted by Crippen LogP contribution is -2.73. The summed E-state index contributed by atoms with van der Waals surface area (Å²) in [6.07, 6.45) is 7.08. The van der Waals surface area contributed by atoms with E-state index in [1.165, 1.54) is 11.8 Å². The number of anilines is 1. The molecule has 2 aliphatic heterocycles. The number of rotatable bonds is 11. The number of hydrogen-bond acceptors (Lipinski definition) is 14. The van der Waals surface area contributed by atoms with Crippen molar-refractivity contribution in [1.29, 1.82) is 0 Å². The minimum Gasteiger partial charge on any atom is -0.726 e. The average molecular weight is 714 g/mol. The Hall–Kier alpha value is -4.31. The number of β-lactam (4-membered cyclic amide) rings is 1. The van der Waals surface area contributed by atoms with E-state index in [1.54, 1.807) is 41.5 Å². The van der Waals surface area contributed by atoms with Gasteiger partial charge in [-0.1, -0.05) is 5.16 Å². The fraction of sp³-hybridized carbons (Fsp3) is 0.423. The number of aliphatic carboxylic acids is 1. The van der Waals surface area contributed by atoms with E-state index in [2.05, 4.69) is 20.8 Å². The summed E-state index contributed by atoms with van der Waals surface area (Å²) in [5, 5.41) is 21.1. The van der Waals surface area contributed by atoms with E-state index in [-0.39, 0.29) is 58.9 Å². The summed E-state index contributed by atoms with van der Waals surface area (Å²) in [5.41, 5.74) is 5.61. The van der Waals surface area contributed by atoms with Gasteiger partial charge in [-0.25, -0.2) is 18.2 Å². The molecule has 2 aromatic heterocycles. The Labute approximate surface area is 276 Å². The number of nitrogen functional groups attached to an aromatic ring is 1. The zero-order chi connectivity index (χ0) is 34.3. The molecule has 6 N–H and O–H groups in total. The Morgan fingerprint density at radius 1 is 1.30 bits per heavy atom. The van der Waals surface area contributed by atoms with E-state index >= 15 is 0 Å². The number of carboxylic acid groups (broad SMARTS) is 1. The van der Waals surface area contributed by atoms with Crippen molar-refractivity contribution < 1.29 is 55.9 Å². The number of carbonyl (C=O) groups excluding carboxylic acids is 3. The van der Waals surface area contributed by atoms with Crippen molar-refractivity contribution in [3.8, 4) is 0 Å². The van der Waals surface area contributed by atoms with Crippen molar-refractivity contribution in [2.24, 2.45) is 5.16 Å². The van der Waals surface area contributed by atoms with Crippen molar-refractivity contribution in [2.45, 2.75) is 55.3 Å². The SMILES string of the molecule is CNC(=O)C[n+]1ccc(SCC2=C(C(=O)O)N3C(=O)[C@@H](NC(=O)/C(=N\OC4CCCC4)c4csc(N)n4)[C@H]3CO2)cc1.O=S(=O)([O-])O. The van der Waals surface area contributed by atoms with Gasteiger partial charge in [-0.3, -0.25) is 23.8 Å². The molecule has 21 heteroatoms. The maximum Gasteiger partial charge on any atom is 0.356 e. The summed E-state index contributed by atoms with van der Waals surface area (Å²) in [6.45, 7) is 0.173. The third-order valence-electron chi connectivity index (χ3n) is 7.05. The first-order valence-corrected chi connectivity index (χ1v) is 17.2. The number of aromatic nitrogens is 2. The molecule has 0 unspecified atom stereocenters. The van der Waals surface area contributed by atoms with E-state index in [0.29, 0.717) is 0 Å². The topological polar surface area (TPSA) is 267 Å². The highest BCUT2D eigenvalue weighted by molar-refractivity contribution is 7.99. The van der Waals surface area contributed by atoms with E-state index in [1.807, 2.05) is 0 Å². The van der Waals surface area contributed by atoms with Gasteiger partial charge in [-0.15, -0.1) is 23.1 Å². The zero-order valence-electron chi connectivity index (χ0n) is 24.7. The van der Waals surface area contributed by atoms with Crippen molar-refractivity contribution >= 4 is 68.0 Å². The minimum absolute atomic E-state index is 0.00101. The molecule has 4 heterocycles. The molecule has 18 nitrogen and oxygen atoms in total. The summed E-state index contributed by atoms with van der Waals surface area (Å²) in [7, 11) is -3.35. The van der Waals surface area contributed by atoms with Crippen LogP contribution in [-0.4, -0.2) is 99.5 Å². The van der Waals surface area contributed by atoms with Gasteiger partial charge in [-0.05, 0) is 25.7 Å². The molecule has 5 rings (SSSR count). The number of pyridine rings is 1. The lowest BCUT2D eigenvalue weighted by molar-refractivity contribution is -0.684. The van der Waals surface area contributed by atoms with Crippen molar-refractivity contribution in [3.05, 3.63) is 47.1 Å². The van der Waals surface area contributed by atoms with Gasteiger partial charge in [0.05, 0.1) is 5.75 Å². The van der Waals surface area contributed by atoms with Gasteiger partial charge in [-0.2, -0.15) is 4.57 Å². The second kappa shape index (κ2) is 15.5. The van der Waals surface area contributed by atoms with Gasteiger partial charge in [0.15, 0.2) is 28.9 Å². The van der Waals surface area contributed by atoms with E-state index < -0.39 is 40.3 Å². The Kier molecular flexibility index (Phi) is 11.7. The number of thioether (sulfide) groups is 1. The molecule has 1 saturated heterocycles. The van der Waals surface area contributed by atoms with Gasteiger partial charge in [0.2, 0.25) is 16.9 Å². The van der Waals surface area contributed by atoms with Crippen LogP contribution in [0.25, 0.3) is 0 Å². The van der Waals surface area contributed by atoms with Crippen LogP contribution in [0.15, 0.2) is 51.4 Å². The molecule has 2 aromatic rings. The summed E-state index contributed by atoms with van der Waals surface area (Å²) in [6, 6.07) is 1.87. The van der Waals surface area contributed by atoms with Gasteiger partial charge < -0.3 is 35.6 Å². The second-order valence-corrected chi connectivity index (χ2v) is 13.0. The molecule has 1 saturated carbocycles. The molecular weight excluding hydrogens is 683 g/mol. The van der Waals surface area contributed by atoms with Crippen LogP contribution in [0.2, 0.25) is 0 Å². The van der Waals surface area contributed by atoms with E-state index in [9.17, 15) is 24.3 Å². The number of fused-ring (bicyclic) bond motifs is 1. The molecule has 3 aliphatic rings. The Morgan fingerprint density at radius 2 is 1.96 bits per heavy atom. The minimum atomic E-state index is -4.92. The first-order chi connectivity index (χ1) is 22.2. The number of amides is 3. The lowest BCUT2D eigenvalue weighted by atomic mass is 9.92. The molecule has 1 aliphatic carbocycles. The van der Waals surface area contributed by atoms with E-state index in [4.69, 9.17) is 32.8 Å². The number of oxime groups is 1. The normalized spacial score (nSPS) is 19.5. The molecule has 0 aromatic carbocycles. The smallest absolute Gasteiger partial charge is 0.356 e. The number of carboxylic acids is 1. The fourth-order valence-electron chi connectivity index (χ4n) is 4.84. The maximum atomic E-state index is 13.3. The molecule has 3 amide bonds. The third-order valence-corrected chi connectivity index (χ3v) is 8.74. The molecule has 0 spiro atoms. The molecule has 2 atom stereocenters. The maximum absolute atomic E-state index is 13.3. The van der Waals surface area contributed by atoms with Gasteiger partial charge >= 0.3 is 5.97 Å². The number of nitrogens with two attached hydrogens (primary N) is 1. The van der Waals surface area contributed by atoms with Crippen LogP contribution in [0, 0.1) is 0 Å². The van der Waals surface area contributed by atoms with Crippen LogP contribution in [0.1, 0.15) is 31.4 Å². The zero-order valence-corrected chi connectivity index (χ0v) is 27.2.